The van der Waals surface area contributed by atoms with Crippen LogP contribution in [0.15, 0.2) is 68.8 Å². The molecule has 0 saturated heterocycles. The number of Topliss-reactive ketones (excluding diaryl/α,β-unsaturated/α-hetero) is 1. The number of nitrogens with one attached hydrogen (secondary N) is 1. The molecule has 0 aliphatic rings. The minimum absolute atomic E-state index is 0.0729. The fourth-order valence-corrected chi connectivity index (χ4v) is 4.31. The predicted molar refractivity (Wildman–Crippen MR) is 96.5 cm³/mol. The van der Waals surface area contributed by atoms with Gasteiger partial charge in [0.1, 0.15) is 5.76 Å². The Morgan fingerprint density at radius 1 is 1.24 bits per heavy atom. The molecule has 0 bridgehead atoms. The summed E-state index contributed by atoms with van der Waals surface area (Å²) in [7, 11) is -3.73. The van der Waals surface area contributed by atoms with E-state index in [-0.39, 0.29) is 23.1 Å². The van der Waals surface area contributed by atoms with Crippen molar-refractivity contribution in [3.05, 3.63) is 76.4 Å². The van der Waals surface area contributed by atoms with Gasteiger partial charge in [0, 0.05) is 12.1 Å². The third-order valence-electron chi connectivity index (χ3n) is 3.86. The summed E-state index contributed by atoms with van der Waals surface area (Å²) in [5.41, 5.74) is 1.35. The van der Waals surface area contributed by atoms with Crippen molar-refractivity contribution in [3.63, 3.8) is 0 Å². The van der Waals surface area contributed by atoms with Crippen LogP contribution >= 0.6 is 11.3 Å². The van der Waals surface area contributed by atoms with E-state index in [4.69, 9.17) is 4.42 Å². The molecule has 0 amide bonds. The highest BCUT2D eigenvalue weighted by Gasteiger charge is 2.22. The van der Waals surface area contributed by atoms with Crippen molar-refractivity contribution in [1.82, 2.24) is 4.72 Å². The van der Waals surface area contributed by atoms with Crippen molar-refractivity contribution in [2.24, 2.45) is 0 Å². The Morgan fingerprint density at radius 2 is 2.08 bits per heavy atom. The topological polar surface area (TPSA) is 76.4 Å². The normalized spacial score (nSPS) is 12.8. The Hall–Kier alpha value is -2.22. The first kappa shape index (κ1) is 17.6. The molecule has 130 valence electrons. The largest absolute Gasteiger partial charge is 0.469 e. The first-order chi connectivity index (χ1) is 12.0. The second kappa shape index (κ2) is 7.35. The van der Waals surface area contributed by atoms with Crippen LogP contribution in [0, 0.1) is 0 Å². The molecule has 0 spiro atoms. The Labute approximate surface area is 150 Å². The lowest BCUT2D eigenvalue weighted by Crippen LogP contribution is -2.29. The summed E-state index contributed by atoms with van der Waals surface area (Å²) < 4.78 is 33.3. The molecule has 0 fully saturated rings. The number of hydrogen-bond donors (Lipinski definition) is 1. The minimum Gasteiger partial charge on any atom is -0.469 e. The van der Waals surface area contributed by atoms with Gasteiger partial charge < -0.3 is 4.42 Å². The number of thiophene rings is 1. The molecule has 1 unspecified atom stereocenters. The summed E-state index contributed by atoms with van der Waals surface area (Å²) in [6.45, 7) is 1.57. The molecule has 2 aromatic heterocycles. The number of rotatable bonds is 7. The zero-order chi connectivity index (χ0) is 17.9. The van der Waals surface area contributed by atoms with Crippen LogP contribution in [0.25, 0.3) is 0 Å². The molecule has 2 heterocycles. The van der Waals surface area contributed by atoms with Crippen LogP contribution in [0.5, 0.6) is 0 Å². The Bertz CT molecular complexity index is 911. The van der Waals surface area contributed by atoms with Gasteiger partial charge in [-0.05, 0) is 53.6 Å². The fraction of sp³-hybridized carbons (Fsp3) is 0.167. The number of carbonyl (C=O) groups excluding carboxylic acids is 1. The van der Waals surface area contributed by atoms with E-state index in [1.54, 1.807) is 35.8 Å². The van der Waals surface area contributed by atoms with Crippen molar-refractivity contribution >= 4 is 27.1 Å². The van der Waals surface area contributed by atoms with E-state index in [1.165, 1.54) is 19.1 Å². The third-order valence-corrected chi connectivity index (χ3v) is 5.98. The van der Waals surface area contributed by atoms with Crippen molar-refractivity contribution in [2.45, 2.75) is 17.7 Å². The molecular weight excluding hydrogens is 358 g/mol. The maximum absolute atomic E-state index is 12.6. The molecule has 3 aromatic rings. The summed E-state index contributed by atoms with van der Waals surface area (Å²) in [4.78, 5) is 11.5. The number of benzene rings is 1. The molecular formula is C18H17NO4S2. The SMILES string of the molecule is CC(=O)c1cccc(S(=O)(=O)NCC(c2ccsc2)c2ccco2)c1. The monoisotopic (exact) mass is 375 g/mol. The molecule has 5 nitrogen and oxygen atoms in total. The number of sulfonamides is 1. The summed E-state index contributed by atoms with van der Waals surface area (Å²) in [6.07, 6.45) is 1.57. The molecule has 3 rings (SSSR count). The van der Waals surface area contributed by atoms with Gasteiger partial charge in [-0.3, -0.25) is 4.79 Å². The van der Waals surface area contributed by atoms with Gasteiger partial charge in [-0.15, -0.1) is 0 Å². The average Bonchev–Trinajstić information content (AvgIpc) is 3.29. The lowest BCUT2D eigenvalue weighted by molar-refractivity contribution is 0.101. The van der Waals surface area contributed by atoms with Crippen LogP contribution in [0.2, 0.25) is 0 Å². The second-order valence-corrected chi connectivity index (χ2v) is 8.11. The van der Waals surface area contributed by atoms with E-state index in [0.717, 1.165) is 5.56 Å². The van der Waals surface area contributed by atoms with Gasteiger partial charge in [-0.25, -0.2) is 13.1 Å². The van der Waals surface area contributed by atoms with Crippen LogP contribution in [0.3, 0.4) is 0 Å². The lowest BCUT2D eigenvalue weighted by Gasteiger charge is -2.15. The van der Waals surface area contributed by atoms with Crippen molar-refractivity contribution in [3.8, 4) is 0 Å². The van der Waals surface area contributed by atoms with Gasteiger partial charge in [0.25, 0.3) is 0 Å². The molecule has 0 aliphatic carbocycles. The predicted octanol–water partition coefficient (Wildman–Crippen LogP) is 3.65. The number of furan rings is 1. The van der Waals surface area contributed by atoms with Crippen LogP contribution in [-0.4, -0.2) is 20.7 Å². The lowest BCUT2D eigenvalue weighted by atomic mass is 10.00. The molecule has 1 N–H and O–H groups in total. The summed E-state index contributed by atoms with van der Waals surface area (Å²) in [5, 5.41) is 3.91. The summed E-state index contributed by atoms with van der Waals surface area (Å²) in [6, 6.07) is 11.6. The minimum atomic E-state index is -3.73. The zero-order valence-corrected chi connectivity index (χ0v) is 15.1. The average molecular weight is 375 g/mol. The van der Waals surface area contributed by atoms with E-state index in [2.05, 4.69) is 4.72 Å². The van der Waals surface area contributed by atoms with Gasteiger partial charge in [0.05, 0.1) is 17.1 Å². The number of carbonyl (C=O) groups is 1. The van der Waals surface area contributed by atoms with E-state index in [1.807, 2.05) is 22.9 Å². The first-order valence-electron chi connectivity index (χ1n) is 7.63. The Balaban J connectivity index is 1.83. The fourth-order valence-electron chi connectivity index (χ4n) is 2.50. The van der Waals surface area contributed by atoms with E-state index in [0.29, 0.717) is 11.3 Å². The maximum atomic E-state index is 12.6. The molecule has 0 saturated carbocycles. The second-order valence-electron chi connectivity index (χ2n) is 5.56. The van der Waals surface area contributed by atoms with Gasteiger partial charge >= 0.3 is 0 Å². The van der Waals surface area contributed by atoms with Crippen molar-refractivity contribution in [2.75, 3.05) is 6.54 Å². The molecule has 1 aromatic carbocycles. The standard InChI is InChI=1S/C18H17NO4S2/c1-13(20)14-4-2-5-16(10-14)25(21,22)19-11-17(15-7-9-24-12-15)18-6-3-8-23-18/h2-10,12,17,19H,11H2,1H3. The van der Waals surface area contributed by atoms with Crippen molar-refractivity contribution < 1.29 is 17.6 Å². The highest BCUT2D eigenvalue weighted by Crippen LogP contribution is 2.27. The smallest absolute Gasteiger partial charge is 0.240 e. The Kier molecular flexibility index (Phi) is 5.17. The zero-order valence-electron chi connectivity index (χ0n) is 13.5. The van der Waals surface area contributed by atoms with Gasteiger partial charge in [-0.2, -0.15) is 11.3 Å². The van der Waals surface area contributed by atoms with Crippen LogP contribution < -0.4 is 4.72 Å². The maximum Gasteiger partial charge on any atom is 0.240 e. The van der Waals surface area contributed by atoms with E-state index >= 15 is 0 Å². The molecule has 7 heteroatoms. The molecule has 0 radical (unpaired) electrons. The van der Waals surface area contributed by atoms with Crippen LogP contribution in [-0.2, 0) is 10.0 Å². The highest BCUT2D eigenvalue weighted by molar-refractivity contribution is 7.89. The van der Waals surface area contributed by atoms with Crippen LogP contribution in [0.4, 0.5) is 0 Å². The molecule has 25 heavy (non-hydrogen) atoms. The first-order valence-corrected chi connectivity index (χ1v) is 10.1. The third kappa shape index (κ3) is 4.07. The molecule has 1 atom stereocenters. The molecule has 0 aliphatic heterocycles. The van der Waals surface area contributed by atoms with Gasteiger partial charge in [0.2, 0.25) is 10.0 Å². The Morgan fingerprint density at radius 3 is 2.72 bits per heavy atom. The van der Waals surface area contributed by atoms with Gasteiger partial charge in [-0.1, -0.05) is 12.1 Å². The van der Waals surface area contributed by atoms with Crippen molar-refractivity contribution in [1.29, 1.82) is 0 Å². The quantitative estimate of drug-likeness (QED) is 0.640. The summed E-state index contributed by atoms with van der Waals surface area (Å²) >= 11 is 1.54. The van der Waals surface area contributed by atoms with E-state index in [9.17, 15) is 13.2 Å². The number of ketones is 1. The van der Waals surface area contributed by atoms with E-state index < -0.39 is 10.0 Å². The van der Waals surface area contributed by atoms with Crippen LogP contribution in [0.1, 0.15) is 34.5 Å². The summed E-state index contributed by atoms with van der Waals surface area (Å²) in [5.74, 6) is 0.300. The highest BCUT2D eigenvalue weighted by atomic mass is 32.2. The van der Waals surface area contributed by atoms with Gasteiger partial charge in [0.15, 0.2) is 5.78 Å². The number of hydrogen-bond acceptors (Lipinski definition) is 5.